The number of nitrogens with one attached hydrogen (secondary N) is 1. The number of amides is 2. The van der Waals surface area contributed by atoms with Crippen LogP contribution in [0.3, 0.4) is 0 Å². The summed E-state index contributed by atoms with van der Waals surface area (Å²) in [6.45, 7) is 5.54. The van der Waals surface area contributed by atoms with Gasteiger partial charge in [0.2, 0.25) is 5.91 Å². The molecule has 0 radical (unpaired) electrons. The molecule has 1 atom stereocenters. The highest BCUT2D eigenvalue weighted by Crippen LogP contribution is 2.34. The van der Waals surface area contributed by atoms with Crippen LogP contribution in [-0.2, 0) is 4.79 Å². The summed E-state index contributed by atoms with van der Waals surface area (Å²) in [6.07, 6.45) is 3.57. The molecule has 2 amide bonds. The van der Waals surface area contributed by atoms with Gasteiger partial charge in [-0.3, -0.25) is 9.59 Å². The van der Waals surface area contributed by atoms with Crippen LogP contribution in [0.25, 0.3) is 22.3 Å². The molecule has 0 bridgehead atoms. The molecular formula is C29H33N7O2S. The zero-order valence-electron chi connectivity index (χ0n) is 22.2. The van der Waals surface area contributed by atoms with Crippen molar-refractivity contribution < 1.29 is 9.59 Å². The number of anilines is 2. The molecule has 1 aliphatic rings. The highest BCUT2D eigenvalue weighted by molar-refractivity contribution is 7.80. The normalized spacial score (nSPS) is 15.6. The molecule has 4 aromatic rings. The molecule has 39 heavy (non-hydrogen) atoms. The zero-order valence-corrected chi connectivity index (χ0v) is 23.1. The van der Waals surface area contributed by atoms with Crippen molar-refractivity contribution in [1.82, 2.24) is 24.6 Å². The van der Waals surface area contributed by atoms with Gasteiger partial charge in [-0.15, -0.1) is 0 Å². The van der Waals surface area contributed by atoms with Gasteiger partial charge in [-0.1, -0.05) is 38.1 Å². The molecule has 1 saturated heterocycles. The number of carbonyl (C=O) groups is 2. The second-order valence-electron chi connectivity index (χ2n) is 10.2. The number of carbonyl (C=O) groups excluding carboxylic acids is 2. The molecule has 202 valence electrons. The third-order valence-electron chi connectivity index (χ3n) is 7.17. The summed E-state index contributed by atoms with van der Waals surface area (Å²) in [5.41, 5.74) is 10.7. The lowest BCUT2D eigenvalue weighted by Gasteiger charge is -2.33. The van der Waals surface area contributed by atoms with E-state index in [0.29, 0.717) is 52.7 Å². The molecule has 0 unspecified atom stereocenters. The van der Waals surface area contributed by atoms with E-state index in [1.54, 1.807) is 12.1 Å². The Morgan fingerprint density at radius 2 is 1.95 bits per heavy atom. The smallest absolute Gasteiger partial charge is 0.255 e. The fraction of sp³-hybridized carbons (Fsp3) is 0.345. The Kier molecular flexibility index (Phi) is 7.83. The lowest BCUT2D eigenvalue weighted by atomic mass is 10.0. The molecule has 9 nitrogen and oxygen atoms in total. The SMILES string of the molecule is CC(C)c1ccc(NC(=O)c2cccc(-c3nn([C@@H]4CCCN(C(=O)CCS)C4)c4ncnc(N)c34)c2)cc1. The van der Waals surface area contributed by atoms with E-state index in [2.05, 4.69) is 41.8 Å². The van der Waals surface area contributed by atoms with Crippen LogP contribution in [0.5, 0.6) is 0 Å². The Balaban J connectivity index is 1.46. The predicted molar refractivity (Wildman–Crippen MR) is 157 cm³/mol. The van der Waals surface area contributed by atoms with E-state index < -0.39 is 0 Å². The lowest BCUT2D eigenvalue weighted by molar-refractivity contribution is -0.132. The molecule has 5 rings (SSSR count). The second kappa shape index (κ2) is 11.4. The number of fused-ring (bicyclic) bond motifs is 1. The highest BCUT2D eigenvalue weighted by Gasteiger charge is 2.28. The number of nitrogens with zero attached hydrogens (tertiary/aromatic N) is 5. The summed E-state index contributed by atoms with van der Waals surface area (Å²) in [5.74, 6) is 1.14. The summed E-state index contributed by atoms with van der Waals surface area (Å²) in [6, 6.07) is 15.1. The molecule has 0 saturated carbocycles. The minimum absolute atomic E-state index is 0.0477. The number of aromatic nitrogens is 4. The van der Waals surface area contributed by atoms with Crippen molar-refractivity contribution in [2.24, 2.45) is 0 Å². The van der Waals surface area contributed by atoms with Crippen LogP contribution >= 0.6 is 12.6 Å². The van der Waals surface area contributed by atoms with E-state index in [4.69, 9.17) is 10.8 Å². The Bertz CT molecular complexity index is 1500. The average Bonchev–Trinajstić information content (AvgIpc) is 3.35. The van der Waals surface area contributed by atoms with Crippen LogP contribution in [0.1, 0.15) is 61.0 Å². The van der Waals surface area contributed by atoms with Crippen molar-refractivity contribution in [3.05, 3.63) is 66.0 Å². The van der Waals surface area contributed by atoms with Crippen LogP contribution in [0.15, 0.2) is 54.9 Å². The molecule has 0 spiro atoms. The fourth-order valence-electron chi connectivity index (χ4n) is 5.05. The highest BCUT2D eigenvalue weighted by atomic mass is 32.1. The maximum atomic E-state index is 13.1. The Morgan fingerprint density at radius 1 is 1.15 bits per heavy atom. The third-order valence-corrected chi connectivity index (χ3v) is 7.40. The van der Waals surface area contributed by atoms with E-state index in [1.165, 1.54) is 11.9 Å². The van der Waals surface area contributed by atoms with Crippen LogP contribution < -0.4 is 11.1 Å². The minimum atomic E-state index is -0.215. The van der Waals surface area contributed by atoms with Gasteiger partial charge >= 0.3 is 0 Å². The van der Waals surface area contributed by atoms with Gasteiger partial charge < -0.3 is 16.0 Å². The molecule has 1 fully saturated rings. The molecule has 0 aliphatic carbocycles. The second-order valence-corrected chi connectivity index (χ2v) is 10.6. The first kappa shape index (κ1) is 26.7. The van der Waals surface area contributed by atoms with E-state index in [0.717, 1.165) is 30.6 Å². The number of nitrogens with two attached hydrogens (primary N) is 1. The molecular weight excluding hydrogens is 510 g/mol. The lowest BCUT2D eigenvalue weighted by Crippen LogP contribution is -2.41. The van der Waals surface area contributed by atoms with Crippen LogP contribution in [0.4, 0.5) is 11.5 Å². The van der Waals surface area contributed by atoms with Gasteiger partial charge in [-0.2, -0.15) is 17.7 Å². The Morgan fingerprint density at radius 3 is 2.69 bits per heavy atom. The Hall–Kier alpha value is -3.92. The summed E-state index contributed by atoms with van der Waals surface area (Å²) in [7, 11) is 0. The van der Waals surface area contributed by atoms with Gasteiger partial charge in [0, 0.05) is 36.3 Å². The van der Waals surface area contributed by atoms with Gasteiger partial charge in [-0.25, -0.2) is 14.6 Å². The summed E-state index contributed by atoms with van der Waals surface area (Å²) in [5, 5.41) is 8.56. The standard InChI is InChI=1S/C29H33N7O2S/c1-18(2)19-8-10-22(11-9-19)33-29(38)21-6-3-5-20(15-21)26-25-27(30)31-17-32-28(25)36(34-26)23-7-4-13-35(16-23)24(37)12-14-39/h3,5-6,8-11,15,17-18,23,39H,4,7,12-14,16H2,1-2H3,(H,33,38)(H2,30,31,32)/t23-/m1/s1. The van der Waals surface area contributed by atoms with Gasteiger partial charge in [0.05, 0.1) is 11.4 Å². The number of rotatable bonds is 7. The average molecular weight is 544 g/mol. The minimum Gasteiger partial charge on any atom is -0.383 e. The van der Waals surface area contributed by atoms with Crippen molar-refractivity contribution >= 4 is 47.0 Å². The number of benzene rings is 2. The third kappa shape index (κ3) is 5.61. The Labute approximate surface area is 233 Å². The number of hydrogen-bond acceptors (Lipinski definition) is 7. The molecule has 2 aromatic heterocycles. The molecule has 3 heterocycles. The number of thiol groups is 1. The zero-order chi connectivity index (χ0) is 27.5. The predicted octanol–water partition coefficient (Wildman–Crippen LogP) is 4.93. The molecule has 10 heteroatoms. The first-order valence-corrected chi connectivity index (χ1v) is 13.9. The van der Waals surface area contributed by atoms with E-state index in [-0.39, 0.29) is 17.9 Å². The van der Waals surface area contributed by atoms with Crippen molar-refractivity contribution in [2.75, 3.05) is 29.9 Å². The molecule has 3 N–H and O–H groups in total. The summed E-state index contributed by atoms with van der Waals surface area (Å²) < 4.78 is 1.87. The first-order chi connectivity index (χ1) is 18.9. The summed E-state index contributed by atoms with van der Waals surface area (Å²) >= 11 is 4.21. The number of likely N-dealkylation sites (tertiary alicyclic amines) is 1. The first-order valence-electron chi connectivity index (χ1n) is 13.2. The van der Waals surface area contributed by atoms with Crippen LogP contribution in [0.2, 0.25) is 0 Å². The van der Waals surface area contributed by atoms with Crippen molar-refractivity contribution in [3.8, 4) is 11.3 Å². The van der Waals surface area contributed by atoms with Crippen molar-refractivity contribution in [1.29, 1.82) is 0 Å². The maximum Gasteiger partial charge on any atom is 0.255 e. The topological polar surface area (TPSA) is 119 Å². The van der Waals surface area contributed by atoms with Gasteiger partial charge in [0.25, 0.3) is 5.91 Å². The number of piperidine rings is 1. The van der Waals surface area contributed by atoms with Gasteiger partial charge in [0.15, 0.2) is 5.65 Å². The summed E-state index contributed by atoms with van der Waals surface area (Å²) in [4.78, 5) is 36.3. The van der Waals surface area contributed by atoms with Gasteiger partial charge in [0.1, 0.15) is 17.8 Å². The maximum absolute atomic E-state index is 13.1. The quantitative estimate of drug-likeness (QED) is 0.284. The van der Waals surface area contributed by atoms with Gasteiger partial charge in [-0.05, 0) is 54.3 Å². The van der Waals surface area contributed by atoms with E-state index in [9.17, 15) is 9.59 Å². The van der Waals surface area contributed by atoms with E-state index >= 15 is 0 Å². The fourth-order valence-corrected chi connectivity index (χ4v) is 5.24. The van der Waals surface area contributed by atoms with Crippen molar-refractivity contribution in [2.45, 2.75) is 45.1 Å². The van der Waals surface area contributed by atoms with Crippen LogP contribution in [-0.4, -0.2) is 55.3 Å². The molecule has 2 aromatic carbocycles. The van der Waals surface area contributed by atoms with E-state index in [1.807, 2.05) is 46.0 Å². The monoisotopic (exact) mass is 543 g/mol. The largest absolute Gasteiger partial charge is 0.383 e. The molecule has 1 aliphatic heterocycles. The van der Waals surface area contributed by atoms with Crippen LogP contribution in [0, 0.1) is 0 Å². The number of nitrogen functional groups attached to an aromatic ring is 1. The van der Waals surface area contributed by atoms with Crippen molar-refractivity contribution in [3.63, 3.8) is 0 Å². The number of hydrogen-bond donors (Lipinski definition) is 3.